The number of hydrogen-bond donors (Lipinski definition) is 0. The van der Waals surface area contributed by atoms with Crippen molar-refractivity contribution in [1.82, 2.24) is 9.96 Å². The minimum Gasteiger partial charge on any atom is -0.447 e. The first kappa shape index (κ1) is 26.1. The number of amides is 2. The highest BCUT2D eigenvalue weighted by Crippen LogP contribution is 2.34. The highest BCUT2D eigenvalue weighted by Gasteiger charge is 2.44. The molecule has 3 aromatic rings. The van der Waals surface area contributed by atoms with Gasteiger partial charge in [0.2, 0.25) is 5.91 Å². The third kappa shape index (κ3) is 6.06. The first-order valence-corrected chi connectivity index (χ1v) is 12.5. The van der Waals surface area contributed by atoms with E-state index in [2.05, 4.69) is 0 Å². The summed E-state index contributed by atoms with van der Waals surface area (Å²) in [6.45, 7) is 6.08. The molecule has 7 nitrogen and oxygen atoms in total. The monoisotopic (exact) mass is 500 g/mol. The lowest BCUT2D eigenvalue weighted by Crippen LogP contribution is -2.48. The van der Waals surface area contributed by atoms with E-state index in [4.69, 9.17) is 9.57 Å². The molecule has 7 heteroatoms. The van der Waals surface area contributed by atoms with Crippen molar-refractivity contribution in [3.63, 3.8) is 0 Å². The van der Waals surface area contributed by atoms with Gasteiger partial charge in [0.25, 0.3) is 0 Å². The van der Waals surface area contributed by atoms with Gasteiger partial charge in [0.1, 0.15) is 6.61 Å². The molecule has 0 N–H and O–H groups in total. The van der Waals surface area contributed by atoms with Crippen LogP contribution in [0.3, 0.4) is 0 Å². The Labute approximate surface area is 217 Å². The second kappa shape index (κ2) is 11.8. The molecule has 0 spiro atoms. The van der Waals surface area contributed by atoms with Gasteiger partial charge in [-0.1, -0.05) is 99.6 Å². The van der Waals surface area contributed by atoms with Crippen LogP contribution in [-0.4, -0.2) is 40.6 Å². The molecule has 0 bridgehead atoms. The Bertz CT molecular complexity index is 1200. The maximum absolute atomic E-state index is 13.9. The molecule has 1 heterocycles. The first-order valence-electron chi connectivity index (χ1n) is 12.5. The molecule has 1 saturated heterocycles. The summed E-state index contributed by atoms with van der Waals surface area (Å²) in [6.07, 6.45) is -0.641. The molecule has 0 unspecified atom stereocenters. The second-order valence-electron chi connectivity index (χ2n) is 9.55. The standard InChI is InChI=1S/C30H32N2O5/c1-21(2)26-20-36-30(35)32(26)28(33)22(3)27(24-15-9-5-10-16-24)31(19-23-13-7-4-8-14-23)37-29(34)25-17-11-6-12-18-25/h4-18,21-22,26-27H,19-20H2,1-3H3/t22-,26-,27-/m1/s1. The fourth-order valence-electron chi connectivity index (χ4n) is 4.57. The zero-order valence-corrected chi connectivity index (χ0v) is 21.3. The number of cyclic esters (lactones) is 1. The summed E-state index contributed by atoms with van der Waals surface area (Å²) in [5.41, 5.74) is 2.09. The van der Waals surface area contributed by atoms with Crippen LogP contribution in [-0.2, 0) is 20.9 Å². The first-order chi connectivity index (χ1) is 17.9. The highest BCUT2D eigenvalue weighted by molar-refractivity contribution is 5.95. The van der Waals surface area contributed by atoms with Crippen LogP contribution in [0.5, 0.6) is 0 Å². The van der Waals surface area contributed by atoms with Crippen molar-refractivity contribution in [2.45, 2.75) is 39.4 Å². The second-order valence-corrected chi connectivity index (χ2v) is 9.55. The van der Waals surface area contributed by atoms with Gasteiger partial charge in [-0.25, -0.2) is 14.5 Å². The molecule has 4 rings (SSSR count). The summed E-state index contributed by atoms with van der Waals surface area (Å²) in [7, 11) is 0. The van der Waals surface area contributed by atoms with E-state index >= 15 is 0 Å². The average Bonchev–Trinajstić information content (AvgIpc) is 3.31. The zero-order valence-electron chi connectivity index (χ0n) is 21.3. The van der Waals surface area contributed by atoms with Crippen molar-refractivity contribution in [2.75, 3.05) is 6.61 Å². The van der Waals surface area contributed by atoms with E-state index in [9.17, 15) is 14.4 Å². The quantitative estimate of drug-likeness (QED) is 0.354. The van der Waals surface area contributed by atoms with Crippen LogP contribution in [0, 0.1) is 11.8 Å². The zero-order chi connectivity index (χ0) is 26.4. The Hall–Kier alpha value is -3.97. The number of rotatable bonds is 9. The molecule has 0 radical (unpaired) electrons. The third-order valence-corrected chi connectivity index (χ3v) is 6.62. The number of nitrogens with zero attached hydrogens (tertiary/aromatic N) is 2. The predicted molar refractivity (Wildman–Crippen MR) is 139 cm³/mol. The van der Waals surface area contributed by atoms with E-state index < -0.39 is 24.0 Å². The van der Waals surface area contributed by atoms with Crippen molar-refractivity contribution in [1.29, 1.82) is 0 Å². The molecule has 1 aliphatic heterocycles. The van der Waals surface area contributed by atoms with Gasteiger partial charge in [0.05, 0.1) is 30.1 Å². The molecule has 3 atom stereocenters. The van der Waals surface area contributed by atoms with Crippen LogP contribution >= 0.6 is 0 Å². The fraction of sp³-hybridized carbons (Fsp3) is 0.300. The minimum absolute atomic E-state index is 0.0362. The van der Waals surface area contributed by atoms with Gasteiger partial charge in [0.15, 0.2) is 0 Å². The van der Waals surface area contributed by atoms with E-state index in [1.807, 2.05) is 80.6 Å². The fourth-order valence-corrected chi connectivity index (χ4v) is 4.57. The van der Waals surface area contributed by atoms with Crippen molar-refractivity contribution >= 4 is 18.0 Å². The van der Waals surface area contributed by atoms with Gasteiger partial charge in [-0.2, -0.15) is 0 Å². The molecular formula is C30H32N2O5. The van der Waals surface area contributed by atoms with Crippen LogP contribution in [0.2, 0.25) is 0 Å². The van der Waals surface area contributed by atoms with Gasteiger partial charge in [-0.3, -0.25) is 4.79 Å². The van der Waals surface area contributed by atoms with Gasteiger partial charge < -0.3 is 9.57 Å². The number of benzene rings is 3. The summed E-state index contributed by atoms with van der Waals surface area (Å²) < 4.78 is 5.24. The number of carbonyl (C=O) groups excluding carboxylic acids is 3. The Morgan fingerprint density at radius 3 is 2.08 bits per heavy atom. The van der Waals surface area contributed by atoms with Crippen LogP contribution in [0.15, 0.2) is 91.0 Å². The van der Waals surface area contributed by atoms with Crippen LogP contribution in [0.1, 0.15) is 48.3 Å². The Kier molecular flexibility index (Phi) is 8.36. The Morgan fingerprint density at radius 1 is 0.919 bits per heavy atom. The van der Waals surface area contributed by atoms with E-state index in [0.717, 1.165) is 11.1 Å². The third-order valence-electron chi connectivity index (χ3n) is 6.62. The lowest BCUT2D eigenvalue weighted by Gasteiger charge is -2.35. The maximum atomic E-state index is 13.9. The Balaban J connectivity index is 1.73. The van der Waals surface area contributed by atoms with Gasteiger partial charge >= 0.3 is 12.1 Å². The van der Waals surface area contributed by atoms with E-state index in [-0.39, 0.29) is 31.0 Å². The molecular weight excluding hydrogens is 468 g/mol. The van der Waals surface area contributed by atoms with Crippen LogP contribution in [0.4, 0.5) is 4.79 Å². The van der Waals surface area contributed by atoms with Gasteiger partial charge in [-0.05, 0) is 29.2 Å². The number of hydroxylamine groups is 2. The summed E-state index contributed by atoms with van der Waals surface area (Å²) in [4.78, 5) is 46.9. The van der Waals surface area contributed by atoms with E-state index in [0.29, 0.717) is 5.56 Å². The molecule has 37 heavy (non-hydrogen) atoms. The lowest BCUT2D eigenvalue weighted by molar-refractivity contribution is -0.169. The lowest BCUT2D eigenvalue weighted by atomic mass is 9.91. The normalized spacial score (nSPS) is 16.9. The SMILES string of the molecule is CC(C)[C@H]1COC(=O)N1C(=O)[C@H](C)[C@H](c1ccccc1)N(Cc1ccccc1)OC(=O)c1ccccc1. The Morgan fingerprint density at radius 2 is 1.49 bits per heavy atom. The molecule has 3 aromatic carbocycles. The number of ether oxygens (including phenoxy) is 1. The molecule has 2 amide bonds. The smallest absolute Gasteiger partial charge is 0.416 e. The van der Waals surface area contributed by atoms with Crippen molar-refractivity contribution in [3.8, 4) is 0 Å². The summed E-state index contributed by atoms with van der Waals surface area (Å²) in [5.74, 6) is -1.60. The maximum Gasteiger partial charge on any atom is 0.416 e. The number of imide groups is 1. The topological polar surface area (TPSA) is 76.2 Å². The minimum atomic E-state index is -0.735. The molecule has 1 fully saturated rings. The molecule has 192 valence electrons. The molecule has 0 aliphatic carbocycles. The molecule has 0 aromatic heterocycles. The largest absolute Gasteiger partial charge is 0.447 e. The van der Waals surface area contributed by atoms with Crippen molar-refractivity contribution in [2.24, 2.45) is 11.8 Å². The van der Waals surface area contributed by atoms with E-state index in [1.54, 1.807) is 36.3 Å². The number of hydrogen-bond acceptors (Lipinski definition) is 6. The molecule has 1 aliphatic rings. The van der Waals surface area contributed by atoms with Gasteiger partial charge in [-0.15, -0.1) is 5.06 Å². The highest BCUT2D eigenvalue weighted by atomic mass is 16.7. The van der Waals surface area contributed by atoms with Crippen LogP contribution in [0.25, 0.3) is 0 Å². The van der Waals surface area contributed by atoms with Crippen LogP contribution < -0.4 is 0 Å². The van der Waals surface area contributed by atoms with Crippen molar-refractivity contribution in [3.05, 3.63) is 108 Å². The van der Waals surface area contributed by atoms with E-state index in [1.165, 1.54) is 4.90 Å². The van der Waals surface area contributed by atoms with Gasteiger partial charge in [0, 0.05) is 0 Å². The average molecular weight is 501 g/mol. The molecule has 0 saturated carbocycles. The summed E-state index contributed by atoms with van der Waals surface area (Å²) in [6, 6.07) is 26.7. The summed E-state index contributed by atoms with van der Waals surface area (Å²) >= 11 is 0. The predicted octanol–water partition coefficient (Wildman–Crippen LogP) is 5.64. The summed E-state index contributed by atoms with van der Waals surface area (Å²) in [5, 5.41) is 1.55. The number of carbonyl (C=O) groups is 3. The van der Waals surface area contributed by atoms with Crippen molar-refractivity contribution < 1.29 is 24.0 Å².